The van der Waals surface area contributed by atoms with E-state index < -0.39 is 138 Å². The average molecular weight is 1130 g/mol. The van der Waals surface area contributed by atoms with Gasteiger partial charge in [-0.25, -0.2) is 4.79 Å². The van der Waals surface area contributed by atoms with E-state index in [0.29, 0.717) is 24.8 Å². The van der Waals surface area contributed by atoms with Crippen molar-refractivity contribution in [1.29, 1.82) is 0 Å². The predicted octanol–water partition coefficient (Wildman–Crippen LogP) is -3.76. The molecular weight excluding hydrogens is 1050 g/mol. The van der Waals surface area contributed by atoms with Crippen LogP contribution >= 0.6 is 0 Å². The van der Waals surface area contributed by atoms with Crippen LogP contribution in [0.5, 0.6) is 5.75 Å². The van der Waals surface area contributed by atoms with E-state index in [1.54, 1.807) is 41.5 Å². The number of rotatable bonds is 39. The van der Waals surface area contributed by atoms with E-state index in [4.69, 9.17) is 34.4 Å². The van der Waals surface area contributed by atoms with Crippen molar-refractivity contribution < 1.29 is 68.1 Å². The van der Waals surface area contributed by atoms with Crippen LogP contribution in [0.3, 0.4) is 0 Å². The Hall–Kier alpha value is -7.66. The van der Waals surface area contributed by atoms with Gasteiger partial charge in [-0.3, -0.25) is 52.9 Å². The van der Waals surface area contributed by atoms with Crippen molar-refractivity contribution in [3.05, 3.63) is 29.8 Å². The van der Waals surface area contributed by atoms with E-state index in [9.17, 15) is 68.1 Å². The molecule has 1 rings (SSSR count). The van der Waals surface area contributed by atoms with Gasteiger partial charge < -0.3 is 92.3 Å². The van der Waals surface area contributed by atoms with Crippen LogP contribution in [0.15, 0.2) is 29.3 Å². The van der Waals surface area contributed by atoms with Crippen molar-refractivity contribution in [2.45, 2.75) is 173 Å². The number of nitrogens with one attached hydrogen (secondary N) is 8. The maximum Gasteiger partial charge on any atom is 0.326 e. The smallest absolute Gasteiger partial charge is 0.326 e. The van der Waals surface area contributed by atoms with Crippen molar-refractivity contribution in [2.75, 3.05) is 19.6 Å². The van der Waals surface area contributed by atoms with Gasteiger partial charge in [-0.15, -0.1) is 0 Å². The van der Waals surface area contributed by atoms with E-state index in [1.165, 1.54) is 24.3 Å². The summed E-state index contributed by atoms with van der Waals surface area (Å²) in [5.41, 5.74) is 33.9. The molecule has 0 saturated carbocycles. The summed E-state index contributed by atoms with van der Waals surface area (Å²) in [7, 11) is 0. The SMILES string of the molecule is CC(C)C[C@H](NC(=O)[C@H](CC(N)=O)NC(=O)[C@H](CCCCN)NC(=O)[C@@H](N)C(C)C)C(=O)N[C@@H](Cc1ccc(O)cc1)C(=O)N[C@@H](CC(=O)O)C(=O)N[C@@H](CCCCN)C(=O)N[C@H](C(=O)N[C@@H](CCCN=C(N)N)C(=O)O)C(C)C. The summed E-state index contributed by atoms with van der Waals surface area (Å²) in [6.45, 7) is 10.5. The molecule has 0 radical (unpaired) electrons. The van der Waals surface area contributed by atoms with Crippen LogP contribution < -0.4 is 76.9 Å². The van der Waals surface area contributed by atoms with Crippen LogP contribution in [-0.4, -0.2) is 160 Å². The molecule has 0 spiro atoms. The number of aromatic hydroxyl groups is 1. The first-order chi connectivity index (χ1) is 37.5. The number of nitrogens with two attached hydrogens (primary N) is 6. The molecule has 450 valence electrons. The van der Waals surface area contributed by atoms with E-state index in [1.807, 2.05) is 0 Å². The maximum atomic E-state index is 14.4. The summed E-state index contributed by atoms with van der Waals surface area (Å²) in [6.07, 6.45) is -0.674. The van der Waals surface area contributed by atoms with Gasteiger partial charge in [0, 0.05) is 13.0 Å². The number of hydrogen-bond acceptors (Lipinski definition) is 16. The molecule has 80 heavy (non-hydrogen) atoms. The Morgan fingerprint density at radius 1 is 0.500 bits per heavy atom. The van der Waals surface area contributed by atoms with Crippen LogP contribution in [0.1, 0.15) is 118 Å². The van der Waals surface area contributed by atoms with Crippen LogP contribution in [0, 0.1) is 17.8 Å². The summed E-state index contributed by atoms with van der Waals surface area (Å²) < 4.78 is 0. The number of phenolic OH excluding ortho intramolecular Hbond substituents is 1. The van der Waals surface area contributed by atoms with E-state index in [-0.39, 0.29) is 88.1 Å². The fourth-order valence-corrected chi connectivity index (χ4v) is 7.84. The predicted molar refractivity (Wildman–Crippen MR) is 294 cm³/mol. The maximum absolute atomic E-state index is 14.4. The number of unbranched alkanes of at least 4 members (excludes halogenated alkanes) is 2. The Kier molecular flexibility index (Phi) is 32.1. The van der Waals surface area contributed by atoms with Gasteiger partial charge in [0.2, 0.25) is 53.2 Å². The Balaban J connectivity index is 3.63. The number of carbonyl (C=O) groups excluding carboxylic acids is 9. The van der Waals surface area contributed by atoms with Crippen LogP contribution in [0.25, 0.3) is 0 Å². The largest absolute Gasteiger partial charge is 0.508 e. The molecule has 0 heterocycles. The molecule has 0 saturated heterocycles. The molecule has 0 unspecified atom stereocenters. The first-order valence-electron chi connectivity index (χ1n) is 26.7. The highest BCUT2D eigenvalue weighted by molar-refractivity contribution is 5.99. The molecule has 0 aliphatic carbocycles. The number of guanidine groups is 1. The first kappa shape index (κ1) is 70.4. The zero-order chi connectivity index (χ0) is 60.8. The van der Waals surface area contributed by atoms with Gasteiger partial charge in [-0.1, -0.05) is 53.7 Å². The molecule has 9 amide bonds. The van der Waals surface area contributed by atoms with Gasteiger partial charge in [-0.05, 0) is 106 Å². The minimum atomic E-state index is -1.92. The number of nitrogens with zero attached hydrogens (tertiary/aromatic N) is 1. The second-order valence-corrected chi connectivity index (χ2v) is 20.6. The molecule has 0 bridgehead atoms. The summed E-state index contributed by atoms with van der Waals surface area (Å²) in [5, 5.41) is 49.6. The Bertz CT molecular complexity index is 2260. The first-order valence-corrected chi connectivity index (χ1v) is 26.7. The van der Waals surface area contributed by atoms with Crippen LogP contribution in [-0.2, 0) is 59.2 Å². The lowest BCUT2D eigenvalue weighted by Crippen LogP contribution is -2.61. The van der Waals surface area contributed by atoms with E-state index in [0.717, 1.165) is 0 Å². The second-order valence-electron chi connectivity index (χ2n) is 20.6. The van der Waals surface area contributed by atoms with Gasteiger partial charge >= 0.3 is 11.9 Å². The summed E-state index contributed by atoms with van der Waals surface area (Å²) in [6, 6.07) is -7.73. The summed E-state index contributed by atoms with van der Waals surface area (Å²) in [4.78, 5) is 151. The summed E-state index contributed by atoms with van der Waals surface area (Å²) in [5.74, 6) is -13.2. The molecule has 29 nitrogen and oxygen atoms in total. The molecule has 1 aromatic rings. The van der Waals surface area contributed by atoms with Gasteiger partial charge in [-0.2, -0.15) is 0 Å². The quantitative estimate of drug-likeness (QED) is 0.0171. The number of aliphatic imine (C=N–C) groups is 1. The second kappa shape index (κ2) is 36.5. The zero-order valence-electron chi connectivity index (χ0n) is 46.6. The molecular formula is C51H87N15O14. The van der Waals surface area contributed by atoms with E-state index in [2.05, 4.69) is 47.5 Å². The molecule has 0 aliphatic heterocycles. The lowest BCUT2D eigenvalue weighted by atomic mass is 9.99. The van der Waals surface area contributed by atoms with Gasteiger partial charge in [0.25, 0.3) is 0 Å². The highest BCUT2D eigenvalue weighted by Gasteiger charge is 2.37. The van der Waals surface area contributed by atoms with Crippen LogP contribution in [0.4, 0.5) is 0 Å². The van der Waals surface area contributed by atoms with Gasteiger partial charge in [0.15, 0.2) is 5.96 Å². The number of aliphatic carboxylic acids is 2. The number of primary amides is 1. The van der Waals surface area contributed by atoms with Crippen molar-refractivity contribution in [2.24, 2.45) is 57.1 Å². The average Bonchev–Trinajstić information content (AvgIpc) is 3.36. The lowest BCUT2D eigenvalue weighted by molar-refractivity contribution is -0.143. The van der Waals surface area contributed by atoms with Crippen molar-refractivity contribution in [3.63, 3.8) is 0 Å². The minimum Gasteiger partial charge on any atom is -0.508 e. The third-order valence-corrected chi connectivity index (χ3v) is 12.4. The minimum absolute atomic E-state index is 0.0734. The highest BCUT2D eigenvalue weighted by Crippen LogP contribution is 2.15. The monoisotopic (exact) mass is 1130 g/mol. The number of amides is 9. The number of carbonyl (C=O) groups is 11. The zero-order valence-corrected chi connectivity index (χ0v) is 46.6. The number of benzene rings is 1. The third-order valence-electron chi connectivity index (χ3n) is 12.4. The Morgan fingerprint density at radius 2 is 0.925 bits per heavy atom. The Labute approximate surface area is 465 Å². The fourth-order valence-electron chi connectivity index (χ4n) is 7.84. The third kappa shape index (κ3) is 27.3. The van der Waals surface area contributed by atoms with Crippen LogP contribution in [0.2, 0.25) is 0 Å². The molecule has 0 fully saturated rings. The van der Waals surface area contributed by atoms with Crippen molar-refractivity contribution in [1.82, 2.24) is 42.5 Å². The molecule has 1 aromatic carbocycles. The standard InChI is InChI=1S/C51H87N15O14/c1-26(2)22-34(62-46(75)36(24-38(54)68)64-42(71)31(12-7-9-19-52)60-48(77)40(55)27(3)4)44(73)63-35(23-29-15-17-30(67)18-16-29)45(74)65-37(25-39(69)70)47(76)59-32(13-8-10-20-53)43(72)66-41(28(5)6)49(78)61-33(50(79)80)14-11-21-58-51(56)57/h15-18,26-28,31-37,40-41,67H,7-14,19-25,52-53,55H2,1-6H3,(H2,54,68)(H,59,76)(H,60,77)(H,61,78)(H,62,75)(H,63,73)(H,64,71)(H,65,74)(H,66,72)(H,69,70)(H,79,80)(H4,56,57,58)/t31-,32-,33-,34-,35-,36-,37-,40-,41-/m0/s1. The molecule has 23 N–H and O–H groups in total. The normalized spacial score (nSPS) is 14.6. The van der Waals surface area contributed by atoms with Crippen molar-refractivity contribution >= 4 is 71.1 Å². The fraction of sp³-hybridized carbons (Fsp3) is 0.647. The molecule has 0 aliphatic rings. The number of carboxylic acids is 2. The van der Waals surface area contributed by atoms with Gasteiger partial charge in [0.05, 0.1) is 18.9 Å². The summed E-state index contributed by atoms with van der Waals surface area (Å²) >= 11 is 0. The molecule has 9 atom stereocenters. The van der Waals surface area contributed by atoms with Gasteiger partial charge in [0.1, 0.15) is 54.1 Å². The Morgan fingerprint density at radius 3 is 1.39 bits per heavy atom. The molecule has 0 aromatic heterocycles. The van der Waals surface area contributed by atoms with Crippen molar-refractivity contribution in [3.8, 4) is 5.75 Å². The topological polar surface area (TPSA) is 513 Å². The van der Waals surface area contributed by atoms with E-state index >= 15 is 0 Å². The lowest BCUT2D eigenvalue weighted by Gasteiger charge is -2.29. The number of hydrogen-bond donors (Lipinski definition) is 17. The number of carboxylic acid groups (broad SMARTS) is 2. The highest BCUT2D eigenvalue weighted by atomic mass is 16.4. The molecule has 29 heteroatoms. The number of phenols is 1.